The number of hydrogen-bond donors (Lipinski definition) is 2. The van der Waals surface area contributed by atoms with E-state index in [2.05, 4.69) is 21.2 Å². The fraction of sp³-hybridized carbons (Fsp3) is 0.300. The summed E-state index contributed by atoms with van der Waals surface area (Å²) in [7, 11) is -3.55. The van der Waals surface area contributed by atoms with E-state index in [0.29, 0.717) is 37.7 Å². The van der Waals surface area contributed by atoms with E-state index in [9.17, 15) is 13.5 Å². The number of phenolic OH excluding ortho intramolecular Hbond substituents is 1. The van der Waals surface area contributed by atoms with Gasteiger partial charge in [-0.25, -0.2) is 23.1 Å². The molecule has 0 aliphatic carbocycles. The summed E-state index contributed by atoms with van der Waals surface area (Å²) in [6.45, 7) is 7.76. The Morgan fingerprint density at radius 3 is 2.77 bits per heavy atom. The number of nitrogens with one attached hydrogen (secondary N) is 1. The van der Waals surface area contributed by atoms with Gasteiger partial charge in [-0.3, -0.25) is 0 Å². The van der Waals surface area contributed by atoms with Crippen LogP contribution in [-0.2, 0) is 21.3 Å². The number of hydrogen-bond acceptors (Lipinski definition) is 8. The fourth-order valence-electron chi connectivity index (χ4n) is 3.10. The summed E-state index contributed by atoms with van der Waals surface area (Å²) in [5, 5.41) is 9.85. The Kier molecular flexibility index (Phi) is 5.74. The van der Waals surface area contributed by atoms with Crippen LogP contribution in [0.15, 0.2) is 41.8 Å². The van der Waals surface area contributed by atoms with Crippen molar-refractivity contribution in [2.75, 3.05) is 31.2 Å². The van der Waals surface area contributed by atoms with Crippen molar-refractivity contribution in [2.45, 2.75) is 13.5 Å². The van der Waals surface area contributed by atoms with Gasteiger partial charge in [0.15, 0.2) is 11.6 Å². The molecule has 2 N–H and O–H groups in total. The lowest BCUT2D eigenvalue weighted by Crippen LogP contribution is -2.36. The smallest absolute Gasteiger partial charge is 0.236 e. The Labute approximate surface area is 178 Å². The van der Waals surface area contributed by atoms with E-state index in [-0.39, 0.29) is 17.2 Å². The van der Waals surface area contributed by atoms with E-state index in [4.69, 9.17) is 9.72 Å². The monoisotopic (exact) mass is 446 g/mol. The van der Waals surface area contributed by atoms with E-state index in [0.717, 1.165) is 20.9 Å². The number of thiophene rings is 1. The van der Waals surface area contributed by atoms with E-state index in [1.807, 2.05) is 12.1 Å². The van der Waals surface area contributed by atoms with Crippen LogP contribution in [0, 0.1) is 0 Å². The molecule has 30 heavy (non-hydrogen) atoms. The molecule has 0 unspecified atom stereocenters. The predicted molar refractivity (Wildman–Crippen MR) is 118 cm³/mol. The minimum Gasteiger partial charge on any atom is -0.508 e. The van der Waals surface area contributed by atoms with Crippen LogP contribution in [0.5, 0.6) is 5.75 Å². The van der Waals surface area contributed by atoms with E-state index >= 15 is 0 Å². The van der Waals surface area contributed by atoms with Gasteiger partial charge in [0, 0.05) is 35.0 Å². The predicted octanol–water partition coefficient (Wildman–Crippen LogP) is 2.85. The van der Waals surface area contributed by atoms with Gasteiger partial charge in [-0.15, -0.1) is 11.3 Å². The summed E-state index contributed by atoms with van der Waals surface area (Å²) in [6, 6.07) is 8.69. The van der Waals surface area contributed by atoms with Crippen LogP contribution in [-0.4, -0.2) is 49.8 Å². The maximum Gasteiger partial charge on any atom is 0.236 e. The number of rotatable bonds is 6. The first-order chi connectivity index (χ1) is 14.3. The number of allylic oxidation sites excluding steroid dienone is 1. The number of phenols is 1. The van der Waals surface area contributed by atoms with Gasteiger partial charge in [-0.1, -0.05) is 18.7 Å². The number of nitrogens with zero attached hydrogens (tertiary/aromatic N) is 3. The molecule has 1 aliphatic heterocycles. The van der Waals surface area contributed by atoms with Gasteiger partial charge in [-0.05, 0) is 25.1 Å². The van der Waals surface area contributed by atoms with Crippen molar-refractivity contribution in [3.8, 4) is 17.1 Å². The minimum atomic E-state index is -3.55. The minimum absolute atomic E-state index is 0.0728. The fourth-order valence-corrected chi connectivity index (χ4v) is 4.84. The summed E-state index contributed by atoms with van der Waals surface area (Å²) in [5.74, 6) is 1.44. The standard InChI is InChI=1S/C20H22N4O4S2/c1-13(2)30(26,27)21-12-16-11-17-18(29-16)20(24-6-8-28-9-7-24)23-19(22-17)14-4-3-5-15(25)10-14/h3-5,10-11,21,25H,1,6-9,12H2,2H3. The first-order valence-corrected chi connectivity index (χ1v) is 11.7. The van der Waals surface area contributed by atoms with Crippen LogP contribution in [0.3, 0.4) is 0 Å². The van der Waals surface area contributed by atoms with Crippen molar-refractivity contribution >= 4 is 37.4 Å². The second kappa shape index (κ2) is 8.31. The molecule has 1 aromatic carbocycles. The molecule has 4 rings (SSSR count). The highest BCUT2D eigenvalue weighted by atomic mass is 32.2. The third-order valence-electron chi connectivity index (χ3n) is 4.71. The van der Waals surface area contributed by atoms with Crippen molar-refractivity contribution < 1.29 is 18.3 Å². The lowest BCUT2D eigenvalue weighted by molar-refractivity contribution is 0.122. The number of aromatic hydroxyl groups is 1. The molecule has 0 atom stereocenters. The summed E-state index contributed by atoms with van der Waals surface area (Å²) in [4.78, 5) is 12.5. The number of ether oxygens (including phenoxy) is 1. The van der Waals surface area contributed by atoms with Crippen LogP contribution in [0.2, 0.25) is 0 Å². The lowest BCUT2D eigenvalue weighted by Gasteiger charge is -2.28. The number of aromatic nitrogens is 2. The van der Waals surface area contributed by atoms with E-state index in [1.54, 1.807) is 18.2 Å². The van der Waals surface area contributed by atoms with Gasteiger partial charge in [-0.2, -0.15) is 0 Å². The summed E-state index contributed by atoms with van der Waals surface area (Å²) in [5.41, 5.74) is 1.45. The zero-order valence-electron chi connectivity index (χ0n) is 16.5. The molecule has 1 saturated heterocycles. The maximum absolute atomic E-state index is 12.0. The number of morpholine rings is 1. The molecule has 0 amide bonds. The van der Waals surface area contributed by atoms with Gasteiger partial charge in [0.1, 0.15) is 5.75 Å². The summed E-state index contributed by atoms with van der Waals surface area (Å²) < 4.78 is 33.0. The number of sulfonamides is 1. The van der Waals surface area contributed by atoms with E-state index < -0.39 is 10.0 Å². The number of fused-ring (bicyclic) bond motifs is 1. The van der Waals surface area contributed by atoms with Crippen LogP contribution in [0.1, 0.15) is 11.8 Å². The highest BCUT2D eigenvalue weighted by Crippen LogP contribution is 2.35. The molecule has 1 fully saturated rings. The maximum atomic E-state index is 12.0. The lowest BCUT2D eigenvalue weighted by atomic mass is 10.2. The Hall–Kier alpha value is -2.53. The van der Waals surface area contributed by atoms with E-state index in [1.165, 1.54) is 18.3 Å². The van der Waals surface area contributed by atoms with Crippen LogP contribution in [0.25, 0.3) is 21.6 Å². The first kappa shape index (κ1) is 20.7. The first-order valence-electron chi connectivity index (χ1n) is 9.41. The van der Waals surface area contributed by atoms with Gasteiger partial charge in [0.05, 0.1) is 23.4 Å². The molecule has 0 bridgehead atoms. The molecule has 158 valence electrons. The van der Waals surface area contributed by atoms with Crippen molar-refractivity contribution in [1.29, 1.82) is 0 Å². The Bertz CT molecular complexity index is 1200. The normalized spacial score (nSPS) is 14.9. The SMILES string of the molecule is C=C(C)S(=O)(=O)NCc1cc2nc(-c3cccc(O)c3)nc(N3CCOCC3)c2s1. The molecule has 10 heteroatoms. The molecule has 2 aromatic heterocycles. The Morgan fingerprint density at radius 2 is 2.07 bits per heavy atom. The van der Waals surface area contributed by atoms with Crippen LogP contribution in [0.4, 0.5) is 5.82 Å². The zero-order valence-corrected chi connectivity index (χ0v) is 18.1. The van der Waals surface area contributed by atoms with Crippen LogP contribution >= 0.6 is 11.3 Å². The summed E-state index contributed by atoms with van der Waals surface area (Å²) in [6.07, 6.45) is 0. The average Bonchev–Trinajstić information content (AvgIpc) is 3.15. The average molecular weight is 447 g/mol. The molecule has 3 heterocycles. The topological polar surface area (TPSA) is 105 Å². The molecule has 0 saturated carbocycles. The second-order valence-electron chi connectivity index (χ2n) is 6.97. The Balaban J connectivity index is 1.77. The third-order valence-corrected chi connectivity index (χ3v) is 7.28. The van der Waals surface area contributed by atoms with Crippen molar-refractivity contribution in [2.24, 2.45) is 0 Å². The highest BCUT2D eigenvalue weighted by Gasteiger charge is 2.21. The zero-order chi connectivity index (χ0) is 21.3. The van der Waals surface area contributed by atoms with Gasteiger partial charge < -0.3 is 14.7 Å². The van der Waals surface area contributed by atoms with Gasteiger partial charge in [0.2, 0.25) is 10.0 Å². The highest BCUT2D eigenvalue weighted by molar-refractivity contribution is 7.93. The van der Waals surface area contributed by atoms with Crippen molar-refractivity contribution in [3.63, 3.8) is 0 Å². The molecule has 0 radical (unpaired) electrons. The van der Waals surface area contributed by atoms with Gasteiger partial charge in [0.25, 0.3) is 0 Å². The molecule has 0 spiro atoms. The van der Waals surface area contributed by atoms with Gasteiger partial charge >= 0.3 is 0 Å². The number of benzene rings is 1. The molecule has 1 aliphatic rings. The quantitative estimate of drug-likeness (QED) is 0.600. The Morgan fingerprint density at radius 1 is 1.30 bits per heavy atom. The third kappa shape index (κ3) is 4.31. The van der Waals surface area contributed by atoms with Crippen molar-refractivity contribution in [1.82, 2.24) is 14.7 Å². The number of anilines is 1. The van der Waals surface area contributed by atoms with Crippen LogP contribution < -0.4 is 9.62 Å². The second-order valence-corrected chi connectivity index (χ2v) is 10.1. The largest absolute Gasteiger partial charge is 0.508 e. The molecule has 3 aromatic rings. The summed E-state index contributed by atoms with van der Waals surface area (Å²) >= 11 is 1.46. The molecular formula is C20H22N4O4S2. The molecule has 8 nitrogen and oxygen atoms in total. The van der Waals surface area contributed by atoms with Crippen molar-refractivity contribution in [3.05, 3.63) is 46.7 Å². The molecular weight excluding hydrogens is 424 g/mol.